The number of nitrogens with two attached hydrogens (primary N) is 1. The van der Waals surface area contributed by atoms with Gasteiger partial charge in [0.2, 0.25) is 0 Å². The fourth-order valence-corrected chi connectivity index (χ4v) is 2.67. The average molecular weight is 295 g/mol. The Morgan fingerprint density at radius 3 is 2.68 bits per heavy atom. The number of nitrogens with zero attached hydrogens (tertiary/aromatic N) is 2. The van der Waals surface area contributed by atoms with Crippen LogP contribution in [-0.2, 0) is 11.3 Å². The van der Waals surface area contributed by atoms with Crippen molar-refractivity contribution in [1.82, 2.24) is 0 Å². The van der Waals surface area contributed by atoms with Crippen molar-refractivity contribution in [2.45, 2.75) is 19.5 Å². The van der Waals surface area contributed by atoms with E-state index >= 15 is 0 Å². The van der Waals surface area contributed by atoms with E-state index in [1.165, 1.54) is 16.8 Å². The van der Waals surface area contributed by atoms with Crippen molar-refractivity contribution in [3.8, 4) is 0 Å². The van der Waals surface area contributed by atoms with Crippen LogP contribution < -0.4 is 10.6 Å². The Morgan fingerprint density at radius 2 is 2.00 bits per heavy atom. The zero-order valence-corrected chi connectivity index (χ0v) is 12.8. The molecule has 0 amide bonds. The van der Waals surface area contributed by atoms with E-state index in [-0.39, 0.29) is 6.04 Å². The summed E-state index contributed by atoms with van der Waals surface area (Å²) in [5.41, 5.74) is 9.35. The molecule has 22 heavy (non-hydrogen) atoms. The summed E-state index contributed by atoms with van der Waals surface area (Å²) in [6, 6.07) is 19.4. The lowest BCUT2D eigenvalue weighted by molar-refractivity contribution is 0.313. The summed E-state index contributed by atoms with van der Waals surface area (Å²) < 4.78 is 5.28. The van der Waals surface area contributed by atoms with Gasteiger partial charge in [-0.25, -0.2) is 4.99 Å². The molecule has 1 unspecified atom stereocenters. The third kappa shape index (κ3) is 3.58. The molecule has 2 aromatic carbocycles. The van der Waals surface area contributed by atoms with E-state index < -0.39 is 0 Å². The Morgan fingerprint density at radius 1 is 1.18 bits per heavy atom. The number of ether oxygens (including phenoxy) is 1. The van der Waals surface area contributed by atoms with Crippen LogP contribution in [0, 0.1) is 6.92 Å². The topological polar surface area (TPSA) is 50.9 Å². The maximum atomic E-state index is 5.63. The van der Waals surface area contributed by atoms with Crippen LogP contribution in [0.1, 0.15) is 11.1 Å². The van der Waals surface area contributed by atoms with Crippen molar-refractivity contribution in [1.29, 1.82) is 0 Å². The van der Waals surface area contributed by atoms with Gasteiger partial charge in [-0.05, 0) is 30.2 Å². The average Bonchev–Trinajstić information content (AvgIpc) is 2.93. The molecule has 2 aromatic rings. The molecule has 2 N–H and O–H groups in total. The minimum absolute atomic E-state index is 0.0872. The van der Waals surface area contributed by atoms with Crippen LogP contribution >= 0.6 is 0 Å². The van der Waals surface area contributed by atoms with E-state index in [2.05, 4.69) is 65.3 Å². The minimum atomic E-state index is 0.0872. The fourth-order valence-electron chi connectivity index (χ4n) is 2.67. The summed E-state index contributed by atoms with van der Waals surface area (Å²) in [4.78, 5) is 6.68. The molecule has 0 aliphatic carbocycles. The predicted molar refractivity (Wildman–Crippen MR) is 90.0 cm³/mol. The van der Waals surface area contributed by atoms with Gasteiger partial charge in [0.15, 0.2) is 0 Å². The van der Waals surface area contributed by atoms with E-state index in [1.807, 2.05) is 6.07 Å². The summed E-state index contributed by atoms with van der Waals surface area (Å²) in [5.74, 6) is 0. The molecule has 0 fully saturated rings. The number of aliphatic imine (C=N–C) groups is 1. The third-order valence-corrected chi connectivity index (χ3v) is 3.75. The molecule has 0 aromatic heterocycles. The van der Waals surface area contributed by atoms with E-state index in [1.54, 1.807) is 0 Å². The van der Waals surface area contributed by atoms with Crippen LogP contribution in [0.4, 0.5) is 5.69 Å². The van der Waals surface area contributed by atoms with Crippen molar-refractivity contribution in [2.75, 3.05) is 18.1 Å². The van der Waals surface area contributed by atoms with Crippen LogP contribution in [0.25, 0.3) is 0 Å². The molecule has 114 valence electrons. The highest BCUT2D eigenvalue weighted by molar-refractivity contribution is 5.73. The monoisotopic (exact) mass is 295 g/mol. The number of rotatable bonds is 5. The quantitative estimate of drug-likeness (QED) is 0.922. The summed E-state index contributed by atoms with van der Waals surface area (Å²) in [6.07, 6.45) is 0. The van der Waals surface area contributed by atoms with Crippen LogP contribution in [0.3, 0.4) is 0 Å². The molecule has 3 rings (SSSR count). The number of aryl methyl sites for hydroxylation is 1. The van der Waals surface area contributed by atoms with Crippen molar-refractivity contribution >= 4 is 11.7 Å². The first-order valence-corrected chi connectivity index (χ1v) is 7.52. The van der Waals surface area contributed by atoms with Gasteiger partial charge in [0.25, 0.3) is 6.02 Å². The van der Waals surface area contributed by atoms with Gasteiger partial charge in [-0.15, -0.1) is 0 Å². The molecule has 4 nitrogen and oxygen atoms in total. The van der Waals surface area contributed by atoms with Gasteiger partial charge >= 0.3 is 0 Å². The standard InChI is InChI=1S/C18H21N3O/c1-14-6-5-9-17(10-14)21(11-15-7-3-2-4-8-15)12-16-13-22-18(19)20-16/h2-10,16H,11-13H2,1H3,(H2,19,20). The highest BCUT2D eigenvalue weighted by Gasteiger charge is 2.20. The van der Waals surface area contributed by atoms with Crippen LogP contribution in [0.15, 0.2) is 59.6 Å². The first-order valence-electron chi connectivity index (χ1n) is 7.52. The zero-order chi connectivity index (χ0) is 15.4. The number of anilines is 1. The third-order valence-electron chi connectivity index (χ3n) is 3.75. The maximum absolute atomic E-state index is 5.63. The number of hydrogen-bond acceptors (Lipinski definition) is 4. The molecule has 0 spiro atoms. The van der Waals surface area contributed by atoms with Gasteiger partial charge in [0, 0.05) is 18.8 Å². The summed E-state index contributed by atoms with van der Waals surface area (Å²) in [6.45, 7) is 4.30. The summed E-state index contributed by atoms with van der Waals surface area (Å²) in [5, 5.41) is 0. The Bertz CT molecular complexity index is 654. The molecule has 1 heterocycles. The van der Waals surface area contributed by atoms with E-state index in [0.29, 0.717) is 12.6 Å². The van der Waals surface area contributed by atoms with Crippen LogP contribution in [0.2, 0.25) is 0 Å². The van der Waals surface area contributed by atoms with E-state index in [4.69, 9.17) is 10.5 Å². The molecular formula is C18H21N3O. The lowest BCUT2D eigenvalue weighted by Crippen LogP contribution is -2.32. The second-order valence-electron chi connectivity index (χ2n) is 5.64. The predicted octanol–water partition coefficient (Wildman–Crippen LogP) is 2.72. The van der Waals surface area contributed by atoms with E-state index in [0.717, 1.165) is 13.1 Å². The molecule has 1 aliphatic rings. The Balaban J connectivity index is 1.81. The van der Waals surface area contributed by atoms with Crippen LogP contribution in [0.5, 0.6) is 0 Å². The highest BCUT2D eigenvalue weighted by Crippen LogP contribution is 2.20. The summed E-state index contributed by atoms with van der Waals surface area (Å²) in [7, 11) is 0. The molecule has 1 atom stereocenters. The second-order valence-corrected chi connectivity index (χ2v) is 5.64. The van der Waals surface area contributed by atoms with Gasteiger partial charge in [-0.2, -0.15) is 0 Å². The van der Waals surface area contributed by atoms with Crippen molar-refractivity contribution in [3.05, 3.63) is 65.7 Å². The molecular weight excluding hydrogens is 274 g/mol. The Labute approximate surface area is 131 Å². The first-order chi connectivity index (χ1) is 10.7. The van der Waals surface area contributed by atoms with Gasteiger partial charge in [-0.1, -0.05) is 42.5 Å². The molecule has 0 radical (unpaired) electrons. The second kappa shape index (κ2) is 6.52. The summed E-state index contributed by atoms with van der Waals surface area (Å²) >= 11 is 0. The van der Waals surface area contributed by atoms with Crippen molar-refractivity contribution < 1.29 is 4.74 Å². The molecule has 1 aliphatic heterocycles. The van der Waals surface area contributed by atoms with Gasteiger partial charge in [0.1, 0.15) is 12.6 Å². The maximum Gasteiger partial charge on any atom is 0.282 e. The fraction of sp³-hybridized carbons (Fsp3) is 0.278. The van der Waals surface area contributed by atoms with Gasteiger partial charge in [-0.3, -0.25) is 0 Å². The minimum Gasteiger partial charge on any atom is -0.463 e. The van der Waals surface area contributed by atoms with Crippen molar-refractivity contribution in [3.63, 3.8) is 0 Å². The SMILES string of the molecule is Cc1cccc(N(Cc2ccccc2)CC2COC(N)=N2)c1. The van der Waals surface area contributed by atoms with Gasteiger partial charge < -0.3 is 15.4 Å². The number of hydrogen-bond donors (Lipinski definition) is 1. The zero-order valence-electron chi connectivity index (χ0n) is 12.8. The first kappa shape index (κ1) is 14.4. The Hall–Kier alpha value is -2.49. The Kier molecular flexibility index (Phi) is 4.28. The molecule has 4 heteroatoms. The lowest BCUT2D eigenvalue weighted by Gasteiger charge is -2.27. The molecule has 0 saturated carbocycles. The molecule has 0 saturated heterocycles. The number of benzene rings is 2. The van der Waals surface area contributed by atoms with Gasteiger partial charge in [0.05, 0.1) is 0 Å². The normalized spacial score (nSPS) is 17.0. The lowest BCUT2D eigenvalue weighted by atomic mass is 10.1. The highest BCUT2D eigenvalue weighted by atomic mass is 16.5. The largest absolute Gasteiger partial charge is 0.463 e. The van der Waals surface area contributed by atoms with Crippen LogP contribution in [-0.4, -0.2) is 25.2 Å². The molecule has 0 bridgehead atoms. The smallest absolute Gasteiger partial charge is 0.282 e. The number of amidine groups is 1. The van der Waals surface area contributed by atoms with Crippen molar-refractivity contribution in [2.24, 2.45) is 10.7 Å². The van der Waals surface area contributed by atoms with E-state index in [9.17, 15) is 0 Å².